The van der Waals surface area contributed by atoms with E-state index in [1.54, 1.807) is 24.3 Å². The molecule has 0 bridgehead atoms. The largest absolute Gasteiger partial charge is 0.350 e. The molecule has 0 saturated carbocycles. The van der Waals surface area contributed by atoms with Crippen molar-refractivity contribution in [3.63, 3.8) is 0 Å². The SMILES string of the molecule is Fc1ccc(CNc2nc(Cl)nc(Cc3cccc(F)c3)n2)cc1. The highest BCUT2D eigenvalue weighted by Crippen LogP contribution is 2.13. The third-order valence-corrected chi connectivity index (χ3v) is 3.44. The summed E-state index contributed by atoms with van der Waals surface area (Å²) in [5, 5.41) is 3.07. The predicted octanol–water partition coefficient (Wildman–Crippen LogP) is 4.01. The monoisotopic (exact) mass is 346 g/mol. The fourth-order valence-corrected chi connectivity index (χ4v) is 2.34. The van der Waals surface area contributed by atoms with E-state index in [9.17, 15) is 8.78 Å². The lowest BCUT2D eigenvalue weighted by Crippen LogP contribution is -2.08. The van der Waals surface area contributed by atoms with Gasteiger partial charge in [-0.15, -0.1) is 0 Å². The molecule has 0 aliphatic rings. The van der Waals surface area contributed by atoms with E-state index in [2.05, 4.69) is 20.3 Å². The van der Waals surface area contributed by atoms with Crippen molar-refractivity contribution in [3.05, 3.63) is 82.4 Å². The summed E-state index contributed by atoms with van der Waals surface area (Å²) in [5.41, 5.74) is 1.61. The Hall–Kier alpha value is -2.60. The molecule has 1 heterocycles. The Bertz CT molecular complexity index is 840. The number of nitrogens with one attached hydrogen (secondary N) is 1. The zero-order valence-electron chi connectivity index (χ0n) is 12.5. The van der Waals surface area contributed by atoms with Gasteiger partial charge in [0.1, 0.15) is 17.5 Å². The zero-order valence-corrected chi connectivity index (χ0v) is 13.3. The molecule has 2 aromatic carbocycles. The van der Waals surface area contributed by atoms with Crippen LogP contribution in [-0.4, -0.2) is 15.0 Å². The van der Waals surface area contributed by atoms with Crippen LogP contribution in [0.1, 0.15) is 17.0 Å². The molecule has 3 rings (SSSR count). The minimum absolute atomic E-state index is 0.0537. The van der Waals surface area contributed by atoms with Crippen LogP contribution >= 0.6 is 11.6 Å². The first-order valence-electron chi connectivity index (χ1n) is 7.22. The van der Waals surface area contributed by atoms with E-state index in [1.807, 2.05) is 0 Å². The molecular formula is C17H13ClF2N4. The summed E-state index contributed by atoms with van der Waals surface area (Å²) in [6, 6.07) is 12.3. The van der Waals surface area contributed by atoms with Crippen LogP contribution in [-0.2, 0) is 13.0 Å². The lowest BCUT2D eigenvalue weighted by atomic mass is 10.1. The van der Waals surface area contributed by atoms with Crippen molar-refractivity contribution in [2.45, 2.75) is 13.0 Å². The number of hydrogen-bond donors (Lipinski definition) is 1. The highest BCUT2D eigenvalue weighted by molar-refractivity contribution is 6.28. The van der Waals surface area contributed by atoms with Gasteiger partial charge in [-0.2, -0.15) is 9.97 Å². The third-order valence-electron chi connectivity index (χ3n) is 3.27. The summed E-state index contributed by atoms with van der Waals surface area (Å²) in [6.45, 7) is 0.417. The third kappa shape index (κ3) is 4.45. The van der Waals surface area contributed by atoms with Crippen molar-refractivity contribution >= 4 is 17.5 Å². The number of aromatic nitrogens is 3. The summed E-state index contributed by atoms with van der Waals surface area (Å²) in [4.78, 5) is 12.3. The molecule has 0 radical (unpaired) electrons. The number of hydrogen-bond acceptors (Lipinski definition) is 4. The Labute approximate surface area is 142 Å². The molecule has 3 aromatic rings. The molecule has 0 spiro atoms. The molecular weight excluding hydrogens is 334 g/mol. The molecule has 0 unspecified atom stereocenters. The number of anilines is 1. The standard InChI is InChI=1S/C17H13ClF2N4/c18-16-22-15(9-12-2-1-3-14(20)8-12)23-17(24-16)21-10-11-4-6-13(19)7-5-11/h1-8H,9-10H2,(H,21,22,23,24). The van der Waals surface area contributed by atoms with E-state index in [1.165, 1.54) is 24.3 Å². The van der Waals surface area contributed by atoms with Crippen LogP contribution in [0.3, 0.4) is 0 Å². The van der Waals surface area contributed by atoms with E-state index in [0.717, 1.165) is 11.1 Å². The maximum absolute atomic E-state index is 13.2. The molecule has 0 fully saturated rings. The fourth-order valence-electron chi connectivity index (χ4n) is 2.16. The van der Waals surface area contributed by atoms with Crippen LogP contribution in [0.25, 0.3) is 0 Å². The Morgan fingerprint density at radius 3 is 2.42 bits per heavy atom. The normalized spacial score (nSPS) is 10.6. The molecule has 1 aromatic heterocycles. The van der Waals surface area contributed by atoms with Gasteiger partial charge in [-0.1, -0.05) is 24.3 Å². The number of rotatable bonds is 5. The number of nitrogens with zero attached hydrogens (tertiary/aromatic N) is 3. The predicted molar refractivity (Wildman–Crippen MR) is 87.8 cm³/mol. The molecule has 0 atom stereocenters. The summed E-state index contributed by atoms with van der Waals surface area (Å²) in [7, 11) is 0. The first kappa shape index (κ1) is 16.3. The Morgan fingerprint density at radius 1 is 0.875 bits per heavy atom. The van der Waals surface area contributed by atoms with Gasteiger partial charge in [0.15, 0.2) is 0 Å². The van der Waals surface area contributed by atoms with Gasteiger partial charge in [0.2, 0.25) is 11.2 Å². The molecule has 0 aliphatic carbocycles. The maximum Gasteiger partial charge on any atom is 0.227 e. The van der Waals surface area contributed by atoms with Gasteiger partial charge in [0.05, 0.1) is 0 Å². The minimum atomic E-state index is -0.317. The Kier molecular flexibility index (Phi) is 4.96. The van der Waals surface area contributed by atoms with Gasteiger partial charge >= 0.3 is 0 Å². The lowest BCUT2D eigenvalue weighted by Gasteiger charge is -2.07. The Morgan fingerprint density at radius 2 is 1.67 bits per heavy atom. The summed E-state index contributed by atoms with van der Waals surface area (Å²) in [6.07, 6.45) is 0.339. The first-order chi connectivity index (χ1) is 11.6. The van der Waals surface area contributed by atoms with Gasteiger partial charge in [-0.05, 0) is 47.0 Å². The molecule has 122 valence electrons. The maximum atomic E-state index is 13.2. The summed E-state index contributed by atoms with van der Waals surface area (Å²) < 4.78 is 26.1. The van der Waals surface area contributed by atoms with Crippen LogP contribution < -0.4 is 5.32 Å². The van der Waals surface area contributed by atoms with Crippen molar-refractivity contribution in [3.8, 4) is 0 Å². The highest BCUT2D eigenvalue weighted by atomic mass is 35.5. The summed E-state index contributed by atoms with van der Waals surface area (Å²) in [5.74, 6) is 0.134. The smallest absolute Gasteiger partial charge is 0.227 e. The van der Waals surface area contributed by atoms with Crippen molar-refractivity contribution in [2.75, 3.05) is 5.32 Å². The van der Waals surface area contributed by atoms with Gasteiger partial charge in [-0.3, -0.25) is 0 Å². The van der Waals surface area contributed by atoms with E-state index in [0.29, 0.717) is 24.7 Å². The average Bonchev–Trinajstić information content (AvgIpc) is 2.54. The molecule has 7 heteroatoms. The van der Waals surface area contributed by atoms with Crippen molar-refractivity contribution < 1.29 is 8.78 Å². The summed E-state index contributed by atoms with van der Waals surface area (Å²) >= 11 is 5.92. The van der Waals surface area contributed by atoms with E-state index in [-0.39, 0.29) is 16.9 Å². The zero-order chi connectivity index (χ0) is 16.9. The van der Waals surface area contributed by atoms with Crippen molar-refractivity contribution in [1.29, 1.82) is 0 Å². The van der Waals surface area contributed by atoms with Crippen LogP contribution in [0.5, 0.6) is 0 Å². The molecule has 0 amide bonds. The van der Waals surface area contributed by atoms with Gasteiger partial charge in [0.25, 0.3) is 0 Å². The minimum Gasteiger partial charge on any atom is -0.350 e. The van der Waals surface area contributed by atoms with E-state index >= 15 is 0 Å². The lowest BCUT2D eigenvalue weighted by molar-refractivity contribution is 0.625. The molecule has 1 N–H and O–H groups in total. The second-order valence-electron chi connectivity index (χ2n) is 5.13. The van der Waals surface area contributed by atoms with Crippen LogP contribution in [0, 0.1) is 11.6 Å². The Balaban J connectivity index is 1.72. The first-order valence-corrected chi connectivity index (χ1v) is 7.59. The number of halogens is 3. The van der Waals surface area contributed by atoms with Crippen molar-refractivity contribution in [2.24, 2.45) is 0 Å². The molecule has 0 saturated heterocycles. The van der Waals surface area contributed by atoms with Crippen LogP contribution in [0.4, 0.5) is 14.7 Å². The van der Waals surface area contributed by atoms with Crippen LogP contribution in [0.15, 0.2) is 48.5 Å². The van der Waals surface area contributed by atoms with E-state index in [4.69, 9.17) is 11.6 Å². The average molecular weight is 347 g/mol. The molecule has 0 aliphatic heterocycles. The molecule has 4 nitrogen and oxygen atoms in total. The quantitative estimate of drug-likeness (QED) is 0.758. The second kappa shape index (κ2) is 7.31. The van der Waals surface area contributed by atoms with Gasteiger partial charge < -0.3 is 5.32 Å². The van der Waals surface area contributed by atoms with Gasteiger partial charge in [0, 0.05) is 13.0 Å². The van der Waals surface area contributed by atoms with Gasteiger partial charge in [-0.25, -0.2) is 13.8 Å². The number of benzene rings is 2. The topological polar surface area (TPSA) is 50.7 Å². The van der Waals surface area contributed by atoms with E-state index < -0.39 is 0 Å². The van der Waals surface area contributed by atoms with Crippen molar-refractivity contribution in [1.82, 2.24) is 15.0 Å². The second-order valence-corrected chi connectivity index (χ2v) is 5.47. The fraction of sp³-hybridized carbons (Fsp3) is 0.118. The molecule has 24 heavy (non-hydrogen) atoms. The van der Waals surface area contributed by atoms with Crippen LogP contribution in [0.2, 0.25) is 5.28 Å². The highest BCUT2D eigenvalue weighted by Gasteiger charge is 2.07.